The first kappa shape index (κ1) is 19.1. The molecule has 0 amide bonds. The number of aromatic nitrogens is 3. The highest BCUT2D eigenvalue weighted by atomic mass is 32.2. The standard InChI is InChI=1S/C23H22N4O2S/c1-28-26-16-23(7-11-29-12-8-23)17-3-2-4-18(13-17)30-19-5-6-20-21(14-19)27-10-9-24-22(27)15-25-20/h2-6,9-10,13-16H,7-8,11-12H2,1H3. The van der Waals surface area contributed by atoms with E-state index in [9.17, 15) is 0 Å². The third-order valence-electron chi connectivity index (χ3n) is 5.63. The van der Waals surface area contributed by atoms with Gasteiger partial charge in [-0.3, -0.25) is 9.38 Å². The summed E-state index contributed by atoms with van der Waals surface area (Å²) in [5.41, 5.74) is 3.96. The molecule has 0 radical (unpaired) electrons. The fraction of sp³-hybridized carbons (Fsp3) is 0.261. The van der Waals surface area contributed by atoms with Gasteiger partial charge < -0.3 is 9.57 Å². The van der Waals surface area contributed by atoms with Crippen molar-refractivity contribution in [3.8, 4) is 0 Å². The van der Waals surface area contributed by atoms with Crippen molar-refractivity contribution in [2.45, 2.75) is 28.0 Å². The van der Waals surface area contributed by atoms with Crippen LogP contribution in [-0.2, 0) is 15.0 Å². The molecular weight excluding hydrogens is 396 g/mol. The van der Waals surface area contributed by atoms with E-state index in [-0.39, 0.29) is 5.41 Å². The quantitative estimate of drug-likeness (QED) is 0.347. The second-order valence-electron chi connectivity index (χ2n) is 7.38. The Labute approximate surface area is 178 Å². The van der Waals surface area contributed by atoms with Crippen LogP contribution in [0.5, 0.6) is 0 Å². The lowest BCUT2D eigenvalue weighted by Crippen LogP contribution is -2.35. The van der Waals surface area contributed by atoms with Crippen LogP contribution in [0.3, 0.4) is 0 Å². The minimum Gasteiger partial charge on any atom is -0.399 e. The zero-order valence-electron chi connectivity index (χ0n) is 16.7. The van der Waals surface area contributed by atoms with Crippen LogP contribution >= 0.6 is 11.8 Å². The highest BCUT2D eigenvalue weighted by Crippen LogP contribution is 2.37. The average molecular weight is 419 g/mol. The van der Waals surface area contributed by atoms with Crippen LogP contribution in [0.25, 0.3) is 16.7 Å². The van der Waals surface area contributed by atoms with Crippen molar-refractivity contribution >= 4 is 34.7 Å². The topological polar surface area (TPSA) is 61.0 Å². The molecule has 1 aliphatic rings. The summed E-state index contributed by atoms with van der Waals surface area (Å²) in [6, 6.07) is 15.1. The van der Waals surface area contributed by atoms with E-state index in [0.29, 0.717) is 0 Å². The van der Waals surface area contributed by atoms with Crippen molar-refractivity contribution in [2.24, 2.45) is 5.16 Å². The van der Waals surface area contributed by atoms with Gasteiger partial charge in [-0.15, -0.1) is 0 Å². The summed E-state index contributed by atoms with van der Waals surface area (Å²) in [7, 11) is 1.58. The molecule has 3 heterocycles. The van der Waals surface area contributed by atoms with Crippen molar-refractivity contribution in [3.05, 3.63) is 66.6 Å². The molecule has 6 nitrogen and oxygen atoms in total. The normalized spacial score (nSPS) is 16.4. The summed E-state index contributed by atoms with van der Waals surface area (Å²) >= 11 is 1.75. The second-order valence-corrected chi connectivity index (χ2v) is 8.53. The van der Waals surface area contributed by atoms with Crippen LogP contribution in [0.1, 0.15) is 18.4 Å². The summed E-state index contributed by atoms with van der Waals surface area (Å²) in [5.74, 6) is 0. The Morgan fingerprint density at radius 3 is 2.87 bits per heavy atom. The van der Waals surface area contributed by atoms with Gasteiger partial charge in [0, 0.05) is 40.8 Å². The first-order chi connectivity index (χ1) is 14.8. The van der Waals surface area contributed by atoms with Gasteiger partial charge in [0.05, 0.1) is 23.4 Å². The fourth-order valence-corrected chi connectivity index (χ4v) is 4.91. The highest BCUT2D eigenvalue weighted by molar-refractivity contribution is 7.99. The number of rotatable bonds is 5. The lowest BCUT2D eigenvalue weighted by atomic mass is 9.75. The van der Waals surface area contributed by atoms with Gasteiger partial charge in [-0.2, -0.15) is 0 Å². The second kappa shape index (κ2) is 8.08. The van der Waals surface area contributed by atoms with E-state index in [1.165, 1.54) is 10.5 Å². The molecule has 0 spiro atoms. The monoisotopic (exact) mass is 418 g/mol. The number of benzene rings is 2. The van der Waals surface area contributed by atoms with E-state index < -0.39 is 0 Å². The van der Waals surface area contributed by atoms with Gasteiger partial charge in [0.2, 0.25) is 0 Å². The van der Waals surface area contributed by atoms with Crippen molar-refractivity contribution in [3.63, 3.8) is 0 Å². The number of nitrogens with zero attached hydrogens (tertiary/aromatic N) is 4. The molecule has 1 aliphatic heterocycles. The molecule has 2 aromatic heterocycles. The van der Waals surface area contributed by atoms with E-state index in [1.54, 1.807) is 31.3 Å². The minimum atomic E-state index is -0.152. The molecule has 152 valence electrons. The molecule has 7 heteroatoms. The number of hydrogen-bond donors (Lipinski definition) is 0. The Balaban J connectivity index is 1.49. The molecule has 5 rings (SSSR count). The lowest BCUT2D eigenvalue weighted by molar-refractivity contribution is 0.0708. The number of ether oxygens (including phenoxy) is 1. The number of hydrogen-bond acceptors (Lipinski definition) is 6. The fourth-order valence-electron chi connectivity index (χ4n) is 4.00. The van der Waals surface area contributed by atoms with Gasteiger partial charge in [0.1, 0.15) is 7.11 Å². The lowest BCUT2D eigenvalue weighted by Gasteiger charge is -2.34. The average Bonchev–Trinajstić information content (AvgIpc) is 3.28. The summed E-state index contributed by atoms with van der Waals surface area (Å²) in [4.78, 5) is 16.2. The van der Waals surface area contributed by atoms with Gasteiger partial charge in [0.15, 0.2) is 5.65 Å². The third-order valence-corrected chi connectivity index (χ3v) is 6.61. The summed E-state index contributed by atoms with van der Waals surface area (Å²) < 4.78 is 7.67. The molecule has 30 heavy (non-hydrogen) atoms. The van der Waals surface area contributed by atoms with Gasteiger partial charge in [-0.1, -0.05) is 29.1 Å². The molecule has 0 unspecified atom stereocenters. The van der Waals surface area contributed by atoms with Crippen molar-refractivity contribution in [2.75, 3.05) is 20.3 Å². The maximum atomic E-state index is 5.60. The van der Waals surface area contributed by atoms with Crippen LogP contribution in [0.4, 0.5) is 0 Å². The third kappa shape index (κ3) is 3.55. The number of imidazole rings is 1. The molecule has 0 N–H and O–H groups in total. The van der Waals surface area contributed by atoms with E-state index in [4.69, 9.17) is 9.57 Å². The van der Waals surface area contributed by atoms with Crippen molar-refractivity contribution in [1.29, 1.82) is 0 Å². The molecule has 4 aromatic rings. The van der Waals surface area contributed by atoms with Crippen LogP contribution in [-0.4, -0.2) is 40.9 Å². The van der Waals surface area contributed by atoms with Crippen LogP contribution in [0, 0.1) is 0 Å². The summed E-state index contributed by atoms with van der Waals surface area (Å²) in [6.07, 6.45) is 9.31. The summed E-state index contributed by atoms with van der Waals surface area (Å²) in [5, 5.41) is 4.11. The van der Waals surface area contributed by atoms with E-state index in [1.807, 2.05) is 12.4 Å². The molecule has 0 atom stereocenters. The SMILES string of the molecule is CON=CC1(c2cccc(Sc3ccc4ncc5nccn5c4c3)c2)CCOCC1. The predicted octanol–water partition coefficient (Wildman–Crippen LogP) is 4.71. The Hall–Kier alpha value is -2.90. The molecule has 0 bridgehead atoms. The van der Waals surface area contributed by atoms with E-state index in [0.717, 1.165) is 47.6 Å². The molecule has 2 aromatic carbocycles. The molecule has 1 saturated heterocycles. The highest BCUT2D eigenvalue weighted by Gasteiger charge is 2.33. The Bertz CT molecular complexity index is 1210. The van der Waals surface area contributed by atoms with E-state index in [2.05, 4.69) is 62.0 Å². The predicted molar refractivity (Wildman–Crippen MR) is 118 cm³/mol. The number of fused-ring (bicyclic) bond motifs is 3. The van der Waals surface area contributed by atoms with Crippen LogP contribution in [0.15, 0.2) is 76.0 Å². The minimum absolute atomic E-state index is 0.152. The largest absolute Gasteiger partial charge is 0.399 e. The molecular formula is C23H22N4O2S. The van der Waals surface area contributed by atoms with Gasteiger partial charge in [-0.05, 0) is 48.7 Å². The van der Waals surface area contributed by atoms with E-state index >= 15 is 0 Å². The maximum Gasteiger partial charge on any atom is 0.155 e. The number of oxime groups is 1. The Morgan fingerprint density at radius 2 is 2.00 bits per heavy atom. The maximum absolute atomic E-state index is 5.60. The van der Waals surface area contributed by atoms with Crippen molar-refractivity contribution < 1.29 is 9.57 Å². The molecule has 0 aliphatic carbocycles. The van der Waals surface area contributed by atoms with Crippen molar-refractivity contribution in [1.82, 2.24) is 14.4 Å². The van der Waals surface area contributed by atoms with Gasteiger partial charge >= 0.3 is 0 Å². The first-order valence-corrected chi connectivity index (χ1v) is 10.7. The Kier molecular flexibility index (Phi) is 5.14. The van der Waals surface area contributed by atoms with Crippen LogP contribution in [0.2, 0.25) is 0 Å². The van der Waals surface area contributed by atoms with Crippen LogP contribution < -0.4 is 0 Å². The zero-order valence-corrected chi connectivity index (χ0v) is 17.5. The van der Waals surface area contributed by atoms with Gasteiger partial charge in [-0.25, -0.2) is 4.98 Å². The zero-order chi connectivity index (χ0) is 20.4. The Morgan fingerprint density at radius 1 is 1.13 bits per heavy atom. The summed E-state index contributed by atoms with van der Waals surface area (Å²) in [6.45, 7) is 1.46. The molecule has 0 saturated carbocycles. The van der Waals surface area contributed by atoms with Gasteiger partial charge in [0.25, 0.3) is 0 Å². The first-order valence-electron chi connectivity index (χ1n) is 9.93. The molecule has 1 fully saturated rings. The smallest absolute Gasteiger partial charge is 0.155 e.